The highest BCUT2D eigenvalue weighted by molar-refractivity contribution is 6.30. The monoisotopic (exact) mass is 354 g/mol. The van der Waals surface area contributed by atoms with Crippen LogP contribution < -0.4 is 10.9 Å². The number of aryl methyl sites for hydroxylation is 2. The normalized spacial score (nSPS) is 10.8. The van der Waals surface area contributed by atoms with Crippen LogP contribution in [-0.4, -0.2) is 10.9 Å². The Labute approximate surface area is 150 Å². The summed E-state index contributed by atoms with van der Waals surface area (Å²) in [5.74, 6) is -0.137. The van der Waals surface area contributed by atoms with E-state index in [-0.39, 0.29) is 24.4 Å². The van der Waals surface area contributed by atoms with Crippen molar-refractivity contribution in [2.75, 3.05) is 0 Å². The molecule has 0 spiro atoms. The molecule has 1 aromatic heterocycles. The first kappa shape index (κ1) is 17.2. The Morgan fingerprint density at radius 3 is 2.56 bits per heavy atom. The number of fused-ring (bicyclic) bond motifs is 1. The molecule has 0 bridgehead atoms. The quantitative estimate of drug-likeness (QED) is 0.751. The zero-order valence-corrected chi connectivity index (χ0v) is 14.9. The first-order valence-corrected chi connectivity index (χ1v) is 8.44. The number of benzene rings is 2. The van der Waals surface area contributed by atoms with Crippen molar-refractivity contribution in [2.45, 2.75) is 26.8 Å². The Hall–Kier alpha value is -2.59. The van der Waals surface area contributed by atoms with Crippen molar-refractivity contribution in [3.8, 4) is 0 Å². The van der Waals surface area contributed by atoms with E-state index in [0.29, 0.717) is 10.6 Å². The highest BCUT2D eigenvalue weighted by atomic mass is 35.5. The van der Waals surface area contributed by atoms with Crippen LogP contribution in [0.4, 0.5) is 0 Å². The van der Waals surface area contributed by atoms with Crippen molar-refractivity contribution in [1.82, 2.24) is 10.3 Å². The number of hydrogen-bond acceptors (Lipinski definition) is 2. The molecule has 3 rings (SSSR count). The Balaban J connectivity index is 1.74. The van der Waals surface area contributed by atoms with Gasteiger partial charge < -0.3 is 10.3 Å². The molecule has 128 valence electrons. The van der Waals surface area contributed by atoms with Gasteiger partial charge in [-0.1, -0.05) is 35.4 Å². The molecule has 0 aliphatic rings. The molecule has 4 nitrogen and oxygen atoms in total. The van der Waals surface area contributed by atoms with Crippen molar-refractivity contribution in [3.63, 3.8) is 0 Å². The second-order valence-electron chi connectivity index (χ2n) is 6.25. The van der Waals surface area contributed by atoms with Crippen molar-refractivity contribution in [2.24, 2.45) is 0 Å². The van der Waals surface area contributed by atoms with E-state index in [9.17, 15) is 9.59 Å². The van der Waals surface area contributed by atoms with Crippen molar-refractivity contribution >= 4 is 28.4 Å². The number of rotatable bonds is 4. The lowest BCUT2D eigenvalue weighted by atomic mass is 10.1. The van der Waals surface area contributed by atoms with E-state index in [4.69, 9.17) is 11.6 Å². The third kappa shape index (κ3) is 4.09. The predicted octanol–water partition coefficient (Wildman–Crippen LogP) is 3.66. The summed E-state index contributed by atoms with van der Waals surface area (Å²) < 4.78 is 0. The molecular formula is C20H19ClN2O2. The van der Waals surface area contributed by atoms with Gasteiger partial charge in [0, 0.05) is 17.1 Å². The second kappa shape index (κ2) is 7.11. The van der Waals surface area contributed by atoms with E-state index >= 15 is 0 Å². The van der Waals surface area contributed by atoms with Crippen LogP contribution in [0, 0.1) is 13.8 Å². The largest absolute Gasteiger partial charge is 0.352 e. The summed E-state index contributed by atoms with van der Waals surface area (Å²) in [6.45, 7) is 4.19. The lowest BCUT2D eigenvalue weighted by Crippen LogP contribution is -2.28. The summed E-state index contributed by atoms with van der Waals surface area (Å²) in [4.78, 5) is 27.3. The van der Waals surface area contributed by atoms with Gasteiger partial charge in [-0.25, -0.2) is 0 Å². The number of hydrogen-bond donors (Lipinski definition) is 2. The molecule has 2 aromatic carbocycles. The molecule has 25 heavy (non-hydrogen) atoms. The van der Waals surface area contributed by atoms with Crippen LogP contribution in [0.15, 0.2) is 47.3 Å². The third-order valence-corrected chi connectivity index (χ3v) is 4.38. The minimum absolute atomic E-state index is 0.137. The molecule has 3 aromatic rings. The van der Waals surface area contributed by atoms with Crippen LogP contribution in [0.3, 0.4) is 0 Å². The molecule has 1 amide bonds. The number of aromatic nitrogens is 1. The van der Waals surface area contributed by atoms with Gasteiger partial charge in [0.2, 0.25) is 5.91 Å². The van der Waals surface area contributed by atoms with Crippen LogP contribution in [0.2, 0.25) is 5.02 Å². The summed E-state index contributed by atoms with van der Waals surface area (Å²) in [7, 11) is 0. The SMILES string of the molecule is Cc1cc(C)c2[nH]c(=O)c(CNC(=O)Cc3ccc(Cl)cc3)cc2c1. The highest BCUT2D eigenvalue weighted by Crippen LogP contribution is 2.18. The number of carbonyl (C=O) groups excluding carboxylic acids is 1. The first-order valence-electron chi connectivity index (χ1n) is 8.06. The maximum absolute atomic E-state index is 12.3. The summed E-state index contributed by atoms with van der Waals surface area (Å²) in [6.07, 6.45) is 0.251. The minimum Gasteiger partial charge on any atom is -0.352 e. The molecule has 0 saturated heterocycles. The van der Waals surface area contributed by atoms with Gasteiger partial charge >= 0.3 is 0 Å². The number of aromatic amines is 1. The van der Waals surface area contributed by atoms with E-state index in [1.165, 1.54) is 0 Å². The van der Waals surface area contributed by atoms with Gasteiger partial charge in [0.05, 0.1) is 11.9 Å². The zero-order valence-electron chi connectivity index (χ0n) is 14.2. The molecule has 0 aliphatic heterocycles. The molecule has 0 unspecified atom stereocenters. The zero-order chi connectivity index (χ0) is 18.0. The van der Waals surface area contributed by atoms with Gasteiger partial charge in [-0.05, 0) is 54.6 Å². The molecule has 0 saturated carbocycles. The Bertz CT molecular complexity index is 991. The minimum atomic E-state index is -0.175. The summed E-state index contributed by atoms with van der Waals surface area (Å²) in [5, 5.41) is 4.41. The van der Waals surface area contributed by atoms with E-state index in [1.54, 1.807) is 12.1 Å². The fourth-order valence-electron chi connectivity index (χ4n) is 2.91. The maximum atomic E-state index is 12.3. The lowest BCUT2D eigenvalue weighted by Gasteiger charge is -2.08. The van der Waals surface area contributed by atoms with Crippen molar-refractivity contribution in [3.05, 3.63) is 80.1 Å². The fourth-order valence-corrected chi connectivity index (χ4v) is 3.03. The van der Waals surface area contributed by atoms with Gasteiger partial charge in [0.25, 0.3) is 5.56 Å². The smallest absolute Gasteiger partial charge is 0.253 e. The summed E-state index contributed by atoms with van der Waals surface area (Å²) >= 11 is 5.84. The highest BCUT2D eigenvalue weighted by Gasteiger charge is 2.08. The standard InChI is InChI=1S/C20H19ClN2O2/c1-12-7-13(2)19-15(8-12)10-16(20(25)23-19)11-22-18(24)9-14-3-5-17(21)6-4-14/h3-8,10H,9,11H2,1-2H3,(H,22,24)(H,23,25). The molecule has 0 atom stereocenters. The summed E-state index contributed by atoms with van der Waals surface area (Å²) in [6, 6.07) is 13.0. The number of halogens is 1. The summed E-state index contributed by atoms with van der Waals surface area (Å²) in [5.41, 5.74) is 4.25. The van der Waals surface area contributed by atoms with E-state index < -0.39 is 0 Å². The number of pyridine rings is 1. The topological polar surface area (TPSA) is 62.0 Å². The molecule has 1 heterocycles. The van der Waals surface area contributed by atoms with E-state index in [0.717, 1.165) is 27.6 Å². The van der Waals surface area contributed by atoms with E-state index in [2.05, 4.69) is 10.3 Å². The Kier molecular flexibility index (Phi) is 4.91. The molecule has 0 aliphatic carbocycles. The maximum Gasteiger partial charge on any atom is 0.253 e. The molecule has 2 N–H and O–H groups in total. The third-order valence-electron chi connectivity index (χ3n) is 4.12. The average Bonchev–Trinajstić information content (AvgIpc) is 2.56. The molecule has 0 radical (unpaired) electrons. The van der Waals surface area contributed by atoms with E-state index in [1.807, 2.05) is 44.2 Å². The van der Waals surface area contributed by atoms with Gasteiger partial charge in [-0.2, -0.15) is 0 Å². The fraction of sp³-hybridized carbons (Fsp3) is 0.200. The molecule has 0 fully saturated rings. The van der Waals surface area contributed by atoms with Crippen LogP contribution in [0.5, 0.6) is 0 Å². The van der Waals surface area contributed by atoms with Crippen LogP contribution in [-0.2, 0) is 17.8 Å². The first-order chi connectivity index (χ1) is 11.9. The Morgan fingerprint density at radius 2 is 1.84 bits per heavy atom. The van der Waals surface area contributed by atoms with Crippen LogP contribution in [0.1, 0.15) is 22.3 Å². The number of H-pyrrole nitrogens is 1. The number of carbonyl (C=O) groups is 1. The Morgan fingerprint density at radius 1 is 1.12 bits per heavy atom. The number of amides is 1. The van der Waals surface area contributed by atoms with Crippen molar-refractivity contribution < 1.29 is 4.79 Å². The van der Waals surface area contributed by atoms with Gasteiger partial charge in [-0.3, -0.25) is 9.59 Å². The molecule has 5 heteroatoms. The van der Waals surface area contributed by atoms with Gasteiger partial charge in [-0.15, -0.1) is 0 Å². The van der Waals surface area contributed by atoms with Gasteiger partial charge in [0.1, 0.15) is 0 Å². The van der Waals surface area contributed by atoms with Crippen molar-refractivity contribution in [1.29, 1.82) is 0 Å². The second-order valence-corrected chi connectivity index (χ2v) is 6.69. The number of nitrogens with one attached hydrogen (secondary N) is 2. The van der Waals surface area contributed by atoms with Crippen LogP contribution >= 0.6 is 11.6 Å². The van der Waals surface area contributed by atoms with Gasteiger partial charge in [0.15, 0.2) is 0 Å². The van der Waals surface area contributed by atoms with Crippen LogP contribution in [0.25, 0.3) is 10.9 Å². The lowest BCUT2D eigenvalue weighted by molar-refractivity contribution is -0.120. The predicted molar refractivity (Wildman–Crippen MR) is 101 cm³/mol. The molecular weight excluding hydrogens is 336 g/mol. The average molecular weight is 355 g/mol.